The topological polar surface area (TPSA) is 62.2 Å². The number of amides is 1. The Morgan fingerprint density at radius 3 is 2.95 bits per heavy atom. The summed E-state index contributed by atoms with van der Waals surface area (Å²) in [5.74, 6) is 0.159. The summed E-state index contributed by atoms with van der Waals surface area (Å²) < 4.78 is 0. The van der Waals surface area contributed by atoms with Crippen LogP contribution in [0.3, 0.4) is 0 Å². The van der Waals surface area contributed by atoms with E-state index >= 15 is 0 Å². The van der Waals surface area contributed by atoms with Crippen molar-refractivity contribution >= 4 is 28.6 Å². The number of rotatable bonds is 6. The smallest absolute Gasteiger partial charge is 0.263 e. The van der Waals surface area contributed by atoms with E-state index in [1.807, 2.05) is 24.4 Å². The molecule has 4 nitrogen and oxygen atoms in total. The normalized spacial score (nSPS) is 13.9. The molecule has 6 heteroatoms. The summed E-state index contributed by atoms with van der Waals surface area (Å²) in [7, 11) is 0. The molecule has 2 heterocycles. The average Bonchev–Trinajstić information content (AvgIpc) is 3.04. The van der Waals surface area contributed by atoms with Gasteiger partial charge >= 0.3 is 0 Å². The number of nitrogens with zero attached hydrogens (tertiary/aromatic N) is 1. The van der Waals surface area contributed by atoms with Crippen LogP contribution >= 0.6 is 22.7 Å². The second-order valence-corrected chi connectivity index (χ2v) is 6.89. The summed E-state index contributed by atoms with van der Waals surface area (Å²) in [4.78, 5) is 18.0. The van der Waals surface area contributed by atoms with Crippen molar-refractivity contribution in [1.29, 1.82) is 0 Å². The first-order valence-electron chi connectivity index (χ1n) is 6.52. The Hall–Kier alpha value is -1.24. The molecule has 20 heavy (non-hydrogen) atoms. The fraction of sp³-hybridized carbons (Fsp3) is 0.429. The van der Waals surface area contributed by atoms with Gasteiger partial charge in [-0.05, 0) is 30.7 Å². The van der Waals surface area contributed by atoms with Gasteiger partial charge in [-0.25, -0.2) is 4.98 Å². The maximum Gasteiger partial charge on any atom is 0.263 e. The molecular weight excluding hydrogens is 292 g/mol. The van der Waals surface area contributed by atoms with E-state index in [-0.39, 0.29) is 17.9 Å². The predicted octanol–water partition coefficient (Wildman–Crippen LogP) is 3.01. The van der Waals surface area contributed by atoms with Crippen molar-refractivity contribution in [2.75, 3.05) is 6.54 Å². The van der Waals surface area contributed by atoms with Crippen molar-refractivity contribution < 1.29 is 9.90 Å². The Kier molecular flexibility index (Phi) is 5.28. The third kappa shape index (κ3) is 4.13. The minimum Gasteiger partial charge on any atom is -0.393 e. The summed E-state index contributed by atoms with van der Waals surface area (Å²) in [6.07, 6.45) is 1.97. The third-order valence-electron chi connectivity index (χ3n) is 2.82. The van der Waals surface area contributed by atoms with Crippen LogP contribution in [0.15, 0.2) is 23.7 Å². The first-order chi connectivity index (χ1) is 9.56. The van der Waals surface area contributed by atoms with Crippen LogP contribution in [0.2, 0.25) is 0 Å². The summed E-state index contributed by atoms with van der Waals surface area (Å²) in [5.41, 5.74) is 0. The molecular formula is C14H18N2O2S2. The molecule has 0 radical (unpaired) electrons. The minimum absolute atomic E-state index is 0.0947. The van der Waals surface area contributed by atoms with Gasteiger partial charge in [0.05, 0.1) is 17.2 Å². The highest BCUT2D eigenvalue weighted by atomic mass is 32.1. The van der Waals surface area contributed by atoms with Gasteiger partial charge in [-0.1, -0.05) is 13.0 Å². The van der Waals surface area contributed by atoms with Gasteiger partial charge in [0.1, 0.15) is 9.88 Å². The van der Waals surface area contributed by atoms with E-state index in [1.54, 1.807) is 24.5 Å². The quantitative estimate of drug-likeness (QED) is 0.862. The number of carbonyl (C=O) groups excluding carboxylic acids is 1. The molecule has 0 aliphatic carbocycles. The van der Waals surface area contributed by atoms with Gasteiger partial charge in [0.15, 0.2) is 0 Å². The van der Waals surface area contributed by atoms with Gasteiger partial charge in [0, 0.05) is 6.54 Å². The molecule has 0 aromatic carbocycles. The van der Waals surface area contributed by atoms with E-state index < -0.39 is 0 Å². The SMILES string of the molecule is CC(O)CC(C)CNC(=O)c1cnc(-c2cccs2)s1. The Bertz CT molecular complexity index is 549. The maximum absolute atomic E-state index is 12.0. The van der Waals surface area contributed by atoms with Gasteiger partial charge in [-0.3, -0.25) is 4.79 Å². The minimum atomic E-state index is -0.337. The Morgan fingerprint density at radius 2 is 2.30 bits per heavy atom. The molecule has 0 spiro atoms. The van der Waals surface area contributed by atoms with Crippen molar-refractivity contribution in [3.63, 3.8) is 0 Å². The highest BCUT2D eigenvalue weighted by molar-refractivity contribution is 7.21. The van der Waals surface area contributed by atoms with Crippen LogP contribution in [0.1, 0.15) is 29.9 Å². The second-order valence-electron chi connectivity index (χ2n) is 4.91. The van der Waals surface area contributed by atoms with Gasteiger partial charge in [-0.2, -0.15) is 0 Å². The molecule has 0 fully saturated rings. The van der Waals surface area contributed by atoms with Gasteiger partial charge in [0.25, 0.3) is 5.91 Å². The lowest BCUT2D eigenvalue weighted by molar-refractivity contribution is 0.0943. The van der Waals surface area contributed by atoms with E-state index in [0.717, 1.165) is 9.88 Å². The summed E-state index contributed by atoms with van der Waals surface area (Å²) in [5, 5.41) is 15.1. The van der Waals surface area contributed by atoms with Gasteiger partial charge in [-0.15, -0.1) is 22.7 Å². The Labute approximate surface area is 126 Å². The Morgan fingerprint density at radius 1 is 1.50 bits per heavy atom. The summed E-state index contributed by atoms with van der Waals surface area (Å²) >= 11 is 3.02. The number of aromatic nitrogens is 1. The zero-order chi connectivity index (χ0) is 14.5. The van der Waals surface area contributed by atoms with Gasteiger partial charge < -0.3 is 10.4 Å². The van der Waals surface area contributed by atoms with Gasteiger partial charge in [0.2, 0.25) is 0 Å². The lowest BCUT2D eigenvalue weighted by Crippen LogP contribution is -2.28. The van der Waals surface area contributed by atoms with E-state index in [2.05, 4.69) is 10.3 Å². The van der Waals surface area contributed by atoms with Crippen molar-refractivity contribution in [3.8, 4) is 9.88 Å². The van der Waals surface area contributed by atoms with Crippen LogP contribution < -0.4 is 5.32 Å². The van der Waals surface area contributed by atoms with Crippen LogP contribution in [0.25, 0.3) is 9.88 Å². The molecule has 108 valence electrons. The summed E-state index contributed by atoms with van der Waals surface area (Å²) in [6.45, 7) is 4.33. The average molecular weight is 310 g/mol. The van der Waals surface area contributed by atoms with Crippen LogP contribution in [0.4, 0.5) is 0 Å². The zero-order valence-electron chi connectivity index (χ0n) is 11.5. The molecule has 1 amide bonds. The monoisotopic (exact) mass is 310 g/mol. The number of nitrogens with one attached hydrogen (secondary N) is 1. The molecule has 0 aliphatic rings. The fourth-order valence-corrected chi connectivity index (χ4v) is 3.55. The van der Waals surface area contributed by atoms with E-state index in [4.69, 9.17) is 0 Å². The molecule has 2 aromatic heterocycles. The number of thiazole rings is 1. The number of hydrogen-bond donors (Lipinski definition) is 2. The molecule has 2 N–H and O–H groups in total. The maximum atomic E-state index is 12.0. The number of hydrogen-bond acceptors (Lipinski definition) is 5. The molecule has 2 rings (SSSR count). The number of aliphatic hydroxyl groups is 1. The highest BCUT2D eigenvalue weighted by Gasteiger charge is 2.13. The lowest BCUT2D eigenvalue weighted by Gasteiger charge is -2.13. The van der Waals surface area contributed by atoms with E-state index in [1.165, 1.54) is 11.3 Å². The number of thiophene rings is 1. The zero-order valence-corrected chi connectivity index (χ0v) is 13.1. The van der Waals surface area contributed by atoms with Crippen LogP contribution in [0.5, 0.6) is 0 Å². The van der Waals surface area contributed by atoms with Crippen molar-refractivity contribution in [2.24, 2.45) is 5.92 Å². The Balaban J connectivity index is 1.90. The number of carbonyl (C=O) groups is 1. The predicted molar refractivity (Wildman–Crippen MR) is 83.2 cm³/mol. The summed E-state index contributed by atoms with van der Waals surface area (Å²) in [6, 6.07) is 3.97. The number of aliphatic hydroxyl groups excluding tert-OH is 1. The first kappa shape index (κ1) is 15.2. The van der Waals surface area contributed by atoms with Crippen molar-refractivity contribution in [2.45, 2.75) is 26.4 Å². The van der Waals surface area contributed by atoms with E-state index in [9.17, 15) is 9.90 Å². The van der Waals surface area contributed by atoms with Crippen LogP contribution in [-0.2, 0) is 0 Å². The molecule has 0 bridgehead atoms. The fourth-order valence-electron chi connectivity index (χ4n) is 1.91. The molecule has 0 saturated carbocycles. The largest absolute Gasteiger partial charge is 0.393 e. The highest BCUT2D eigenvalue weighted by Crippen LogP contribution is 2.28. The van der Waals surface area contributed by atoms with Crippen molar-refractivity contribution in [1.82, 2.24) is 10.3 Å². The van der Waals surface area contributed by atoms with Crippen LogP contribution in [0, 0.1) is 5.92 Å². The molecule has 0 aliphatic heterocycles. The molecule has 2 unspecified atom stereocenters. The first-order valence-corrected chi connectivity index (χ1v) is 8.22. The van der Waals surface area contributed by atoms with E-state index in [0.29, 0.717) is 17.8 Å². The second kappa shape index (κ2) is 6.97. The lowest BCUT2D eigenvalue weighted by atomic mass is 10.0. The molecule has 2 aromatic rings. The molecule has 2 atom stereocenters. The molecule has 0 saturated heterocycles. The third-order valence-corrected chi connectivity index (χ3v) is 4.85. The van der Waals surface area contributed by atoms with Crippen molar-refractivity contribution in [3.05, 3.63) is 28.6 Å². The van der Waals surface area contributed by atoms with Crippen LogP contribution in [-0.4, -0.2) is 28.6 Å². The standard InChI is InChI=1S/C14H18N2O2S2/c1-9(6-10(2)17)7-15-13(18)12-8-16-14(20-12)11-4-3-5-19-11/h3-5,8-10,17H,6-7H2,1-2H3,(H,15,18).